The largest absolute Gasteiger partial charge is 0.545 e. The van der Waals surface area contributed by atoms with E-state index in [-0.39, 0.29) is 5.56 Å². The van der Waals surface area contributed by atoms with Crippen molar-refractivity contribution in [2.75, 3.05) is 0 Å². The lowest BCUT2D eigenvalue weighted by atomic mass is 10.1. The highest BCUT2D eigenvalue weighted by Gasteiger charge is 2.10. The minimum absolute atomic E-state index is 0.114. The molecule has 0 bridgehead atoms. The highest BCUT2D eigenvalue weighted by molar-refractivity contribution is 5.97. The van der Waals surface area contributed by atoms with Gasteiger partial charge < -0.3 is 14.4 Å². The van der Waals surface area contributed by atoms with Crippen molar-refractivity contribution >= 4 is 16.9 Å². The van der Waals surface area contributed by atoms with Crippen molar-refractivity contribution in [1.29, 1.82) is 0 Å². The van der Waals surface area contributed by atoms with Crippen LogP contribution >= 0.6 is 0 Å². The van der Waals surface area contributed by atoms with Gasteiger partial charge in [-0.1, -0.05) is 41.6 Å². The zero-order chi connectivity index (χ0) is 12.5. The first-order valence-corrected chi connectivity index (χ1v) is 5.42. The summed E-state index contributed by atoms with van der Waals surface area (Å²) in [7, 11) is 0. The summed E-state index contributed by atoms with van der Waals surface area (Å²) >= 11 is 0. The highest BCUT2D eigenvalue weighted by Crippen LogP contribution is 2.28. The van der Waals surface area contributed by atoms with Crippen LogP contribution in [0.4, 0.5) is 0 Å². The second kappa shape index (κ2) is 4.00. The summed E-state index contributed by atoms with van der Waals surface area (Å²) in [6, 6.07) is 14.0. The van der Waals surface area contributed by atoms with Crippen LogP contribution in [0.3, 0.4) is 0 Å². The third kappa shape index (κ3) is 1.64. The zero-order valence-corrected chi connectivity index (χ0v) is 9.29. The molecule has 1 heterocycles. The number of carboxylic acids is 1. The first-order chi connectivity index (χ1) is 8.75. The summed E-state index contributed by atoms with van der Waals surface area (Å²) in [5.74, 6) is -0.647. The number of aromatic carboxylic acids is 1. The Morgan fingerprint density at radius 3 is 2.61 bits per heavy atom. The van der Waals surface area contributed by atoms with Crippen LogP contribution in [0.1, 0.15) is 10.4 Å². The van der Waals surface area contributed by atoms with E-state index in [1.165, 1.54) is 12.1 Å². The van der Waals surface area contributed by atoms with E-state index in [0.717, 1.165) is 5.56 Å². The number of carbonyl (C=O) groups is 1. The Balaban J connectivity index is 2.24. The van der Waals surface area contributed by atoms with Crippen molar-refractivity contribution in [2.24, 2.45) is 0 Å². The molecule has 0 aliphatic carbocycles. The average Bonchev–Trinajstić information content (AvgIpc) is 2.82. The summed E-state index contributed by atoms with van der Waals surface area (Å²) in [5.41, 5.74) is 1.59. The van der Waals surface area contributed by atoms with E-state index in [1.807, 2.05) is 30.3 Å². The molecule has 2 aromatic carbocycles. The highest BCUT2D eigenvalue weighted by atomic mass is 16.5. The SMILES string of the molecule is O=C([O-])c1ccc2noc(-c3ccccc3)c2c1. The third-order valence-corrected chi connectivity index (χ3v) is 2.75. The lowest BCUT2D eigenvalue weighted by molar-refractivity contribution is -0.255. The maximum atomic E-state index is 10.9. The van der Waals surface area contributed by atoms with Gasteiger partial charge in [0.1, 0.15) is 5.52 Å². The van der Waals surface area contributed by atoms with E-state index < -0.39 is 5.97 Å². The van der Waals surface area contributed by atoms with Crippen LogP contribution in [-0.2, 0) is 0 Å². The molecule has 0 amide bonds. The van der Waals surface area contributed by atoms with Crippen molar-refractivity contribution < 1.29 is 14.4 Å². The molecule has 88 valence electrons. The smallest absolute Gasteiger partial charge is 0.174 e. The Hall–Kier alpha value is -2.62. The number of fused-ring (bicyclic) bond motifs is 1. The molecule has 0 N–H and O–H groups in total. The summed E-state index contributed by atoms with van der Waals surface area (Å²) in [4.78, 5) is 10.9. The molecule has 1 aromatic heterocycles. The number of benzene rings is 2. The number of hydrogen-bond acceptors (Lipinski definition) is 4. The van der Waals surface area contributed by atoms with E-state index in [0.29, 0.717) is 16.7 Å². The van der Waals surface area contributed by atoms with Crippen molar-refractivity contribution in [3.05, 3.63) is 54.1 Å². The van der Waals surface area contributed by atoms with Crippen LogP contribution in [0.5, 0.6) is 0 Å². The number of aromatic nitrogens is 1. The number of carboxylic acid groups (broad SMARTS) is 1. The Morgan fingerprint density at radius 2 is 1.89 bits per heavy atom. The van der Waals surface area contributed by atoms with Gasteiger partial charge >= 0.3 is 0 Å². The molecule has 4 nitrogen and oxygen atoms in total. The molecule has 0 fully saturated rings. The molecule has 0 saturated heterocycles. The molecule has 0 spiro atoms. The summed E-state index contributed by atoms with van der Waals surface area (Å²) in [6.45, 7) is 0. The van der Waals surface area contributed by atoms with Gasteiger partial charge in [-0.25, -0.2) is 0 Å². The molecule has 0 aliphatic rings. The molecule has 3 aromatic rings. The van der Waals surface area contributed by atoms with Crippen LogP contribution in [-0.4, -0.2) is 11.1 Å². The van der Waals surface area contributed by atoms with Gasteiger partial charge in [-0.05, 0) is 17.7 Å². The van der Waals surface area contributed by atoms with Crippen LogP contribution in [0.15, 0.2) is 53.1 Å². The Labute approximate surface area is 102 Å². The van der Waals surface area contributed by atoms with E-state index in [4.69, 9.17) is 4.52 Å². The van der Waals surface area contributed by atoms with Gasteiger partial charge in [-0.3, -0.25) is 0 Å². The van der Waals surface area contributed by atoms with Crippen LogP contribution in [0.2, 0.25) is 0 Å². The molecule has 0 radical (unpaired) electrons. The number of hydrogen-bond donors (Lipinski definition) is 0. The van der Waals surface area contributed by atoms with E-state index in [2.05, 4.69) is 5.16 Å². The van der Waals surface area contributed by atoms with Gasteiger partial charge in [0.05, 0.1) is 11.4 Å². The van der Waals surface area contributed by atoms with Gasteiger partial charge in [0.25, 0.3) is 0 Å². The lowest BCUT2D eigenvalue weighted by Gasteiger charge is -2.01. The molecule has 0 atom stereocenters. The maximum Gasteiger partial charge on any atom is 0.174 e. The quantitative estimate of drug-likeness (QED) is 0.683. The van der Waals surface area contributed by atoms with Gasteiger partial charge in [-0.15, -0.1) is 0 Å². The maximum absolute atomic E-state index is 10.9. The standard InChI is InChI=1S/C14H9NO3/c16-14(17)10-6-7-12-11(8-10)13(18-15-12)9-4-2-1-3-5-9/h1-8H,(H,16,17)/p-1. The molecule has 18 heavy (non-hydrogen) atoms. The molecule has 3 rings (SSSR count). The summed E-state index contributed by atoms with van der Waals surface area (Å²) in [6.07, 6.45) is 0. The first-order valence-electron chi connectivity index (χ1n) is 5.42. The first kappa shape index (κ1) is 10.5. The van der Waals surface area contributed by atoms with Crippen molar-refractivity contribution in [1.82, 2.24) is 5.16 Å². The van der Waals surface area contributed by atoms with Gasteiger partial charge in [-0.2, -0.15) is 0 Å². The second-order valence-electron chi connectivity index (χ2n) is 3.90. The van der Waals surface area contributed by atoms with Crippen molar-refractivity contribution in [3.8, 4) is 11.3 Å². The number of rotatable bonds is 2. The third-order valence-electron chi connectivity index (χ3n) is 2.75. The van der Waals surface area contributed by atoms with E-state index in [1.54, 1.807) is 6.07 Å². The van der Waals surface area contributed by atoms with Crippen LogP contribution in [0, 0.1) is 0 Å². The number of nitrogens with zero attached hydrogens (tertiary/aromatic N) is 1. The van der Waals surface area contributed by atoms with Crippen LogP contribution in [0.25, 0.3) is 22.2 Å². The van der Waals surface area contributed by atoms with E-state index >= 15 is 0 Å². The predicted octanol–water partition coefficient (Wildman–Crippen LogP) is 1.86. The van der Waals surface area contributed by atoms with E-state index in [9.17, 15) is 9.90 Å². The molecule has 0 saturated carbocycles. The molecule has 0 unspecified atom stereocenters. The minimum atomic E-state index is -1.21. The normalized spacial score (nSPS) is 10.7. The van der Waals surface area contributed by atoms with Crippen LogP contribution < -0.4 is 5.11 Å². The molecule has 4 heteroatoms. The summed E-state index contributed by atoms with van der Waals surface area (Å²) < 4.78 is 5.27. The lowest BCUT2D eigenvalue weighted by Crippen LogP contribution is -2.21. The average molecular weight is 238 g/mol. The fraction of sp³-hybridized carbons (Fsp3) is 0. The monoisotopic (exact) mass is 238 g/mol. The molecular formula is C14H8NO3-. The Bertz CT molecular complexity index is 716. The fourth-order valence-electron chi connectivity index (χ4n) is 1.87. The van der Waals surface area contributed by atoms with Gasteiger partial charge in [0.2, 0.25) is 0 Å². The van der Waals surface area contributed by atoms with Crippen molar-refractivity contribution in [2.45, 2.75) is 0 Å². The minimum Gasteiger partial charge on any atom is -0.545 e. The Kier molecular flexibility index (Phi) is 2.34. The molecule has 0 aliphatic heterocycles. The van der Waals surface area contributed by atoms with Gasteiger partial charge in [0, 0.05) is 5.56 Å². The number of carbonyl (C=O) groups excluding carboxylic acids is 1. The fourth-order valence-corrected chi connectivity index (χ4v) is 1.87. The topological polar surface area (TPSA) is 66.2 Å². The Morgan fingerprint density at radius 1 is 1.11 bits per heavy atom. The summed E-state index contributed by atoms with van der Waals surface area (Å²) in [5, 5.41) is 15.4. The predicted molar refractivity (Wildman–Crippen MR) is 63.8 cm³/mol. The van der Waals surface area contributed by atoms with Gasteiger partial charge in [0.15, 0.2) is 5.76 Å². The second-order valence-corrected chi connectivity index (χ2v) is 3.90. The van der Waals surface area contributed by atoms with Crippen molar-refractivity contribution in [3.63, 3.8) is 0 Å². The molecular weight excluding hydrogens is 230 g/mol. The zero-order valence-electron chi connectivity index (χ0n) is 9.29.